The standard InChI is InChI=1S/C73H147N2O6P/c1-6-8-10-12-14-16-18-20-22-24-26-28-30-32-34-35-36-37-38-39-41-43-45-47-49-51-53-55-57-59-61-63-65-67-73(77)74-71(70-81-82(78,79)80-69-68-75(3,4)5)72(76)66-64-62-60-58-56-54-52-50-48-46-44-42-40-33-31-29-27-25-23-21-19-17-15-13-11-9-7-2/h24,26,71-72,76H,6-23,25,27-70H2,1-5H3,(H-,74,77,78,79)/b26-24-. The Kier molecular flexibility index (Phi) is 64.1. The molecule has 0 aromatic carbocycles. The second kappa shape index (κ2) is 64.7. The highest BCUT2D eigenvalue weighted by Crippen LogP contribution is 2.38. The maximum atomic E-state index is 13.1. The van der Waals surface area contributed by atoms with Crippen LogP contribution in [0.1, 0.15) is 399 Å². The van der Waals surface area contributed by atoms with Crippen molar-refractivity contribution >= 4 is 13.7 Å². The average molecular weight is 1180 g/mol. The number of aliphatic hydroxyl groups excluding tert-OH is 1. The van der Waals surface area contributed by atoms with Gasteiger partial charge in [0, 0.05) is 6.42 Å². The molecule has 0 rings (SSSR count). The number of carbonyl (C=O) groups is 1. The Labute approximate surface area is 513 Å². The van der Waals surface area contributed by atoms with Crippen molar-refractivity contribution in [3.63, 3.8) is 0 Å². The summed E-state index contributed by atoms with van der Waals surface area (Å²) in [5, 5.41) is 14.1. The molecule has 3 unspecified atom stereocenters. The van der Waals surface area contributed by atoms with Gasteiger partial charge in [0.2, 0.25) is 5.91 Å². The fourth-order valence-corrected chi connectivity index (χ4v) is 12.5. The zero-order chi connectivity index (χ0) is 59.8. The highest BCUT2D eigenvalue weighted by molar-refractivity contribution is 7.45. The average Bonchev–Trinajstić information content (AvgIpc) is 3.47. The topological polar surface area (TPSA) is 108 Å². The van der Waals surface area contributed by atoms with Crippen LogP contribution in [0.25, 0.3) is 0 Å². The molecule has 0 aromatic rings. The summed E-state index contributed by atoms with van der Waals surface area (Å²) in [6, 6.07) is -0.799. The van der Waals surface area contributed by atoms with Crippen molar-refractivity contribution < 1.29 is 32.9 Å². The molecule has 2 N–H and O–H groups in total. The largest absolute Gasteiger partial charge is 0.756 e. The molecule has 0 saturated carbocycles. The van der Waals surface area contributed by atoms with Gasteiger partial charge in [-0.2, -0.15) is 0 Å². The lowest BCUT2D eigenvalue weighted by Gasteiger charge is -2.30. The summed E-state index contributed by atoms with van der Waals surface area (Å²) in [6.45, 7) is 4.80. The van der Waals surface area contributed by atoms with E-state index in [4.69, 9.17) is 9.05 Å². The van der Waals surface area contributed by atoms with Crippen molar-refractivity contribution in [1.29, 1.82) is 0 Å². The number of rotatable bonds is 70. The Bertz CT molecular complexity index is 1340. The minimum Gasteiger partial charge on any atom is -0.756 e. The maximum Gasteiger partial charge on any atom is 0.268 e. The number of quaternary nitrogens is 1. The van der Waals surface area contributed by atoms with E-state index in [-0.39, 0.29) is 19.1 Å². The number of phosphoric acid groups is 1. The minimum absolute atomic E-state index is 0.0161. The number of hydrogen-bond donors (Lipinski definition) is 2. The second-order valence-corrected chi connectivity index (χ2v) is 28.4. The lowest BCUT2D eigenvalue weighted by atomic mass is 10.0. The Morgan fingerprint density at radius 3 is 0.951 bits per heavy atom. The van der Waals surface area contributed by atoms with Gasteiger partial charge in [-0.1, -0.05) is 366 Å². The van der Waals surface area contributed by atoms with Crippen molar-refractivity contribution in [1.82, 2.24) is 5.32 Å². The van der Waals surface area contributed by atoms with E-state index in [0.717, 1.165) is 38.5 Å². The van der Waals surface area contributed by atoms with Gasteiger partial charge < -0.3 is 28.8 Å². The van der Waals surface area contributed by atoms with Crippen molar-refractivity contribution in [2.75, 3.05) is 40.9 Å². The van der Waals surface area contributed by atoms with Crippen molar-refractivity contribution in [2.45, 2.75) is 411 Å². The Hall–Kier alpha value is -0.760. The number of likely N-dealkylation sites (N-methyl/N-ethyl adjacent to an activating group) is 1. The molecule has 3 atom stereocenters. The first-order valence-electron chi connectivity index (χ1n) is 37.0. The summed E-state index contributed by atoms with van der Waals surface area (Å²) in [6.07, 6.45) is 83.1. The van der Waals surface area contributed by atoms with Crippen LogP contribution in [-0.4, -0.2) is 68.5 Å². The van der Waals surface area contributed by atoms with Gasteiger partial charge in [-0.3, -0.25) is 9.36 Å². The molecule has 0 aliphatic heterocycles. The van der Waals surface area contributed by atoms with E-state index in [1.54, 1.807) is 0 Å². The fourth-order valence-electron chi connectivity index (χ4n) is 11.7. The quantitative estimate of drug-likeness (QED) is 0.0272. The van der Waals surface area contributed by atoms with Crippen LogP contribution >= 0.6 is 7.82 Å². The van der Waals surface area contributed by atoms with Crippen molar-refractivity contribution in [3.05, 3.63) is 12.2 Å². The zero-order valence-corrected chi connectivity index (χ0v) is 57.1. The van der Waals surface area contributed by atoms with Crippen LogP contribution in [0.3, 0.4) is 0 Å². The monoisotopic (exact) mass is 1180 g/mol. The van der Waals surface area contributed by atoms with Crippen molar-refractivity contribution in [3.8, 4) is 0 Å². The number of nitrogens with zero attached hydrogens (tertiary/aromatic N) is 1. The van der Waals surface area contributed by atoms with Gasteiger partial charge in [-0.05, 0) is 38.5 Å². The Morgan fingerprint density at radius 2 is 0.671 bits per heavy atom. The number of nitrogens with one attached hydrogen (secondary N) is 1. The van der Waals surface area contributed by atoms with Crippen LogP contribution in [-0.2, 0) is 18.4 Å². The predicted octanol–water partition coefficient (Wildman–Crippen LogP) is 23.0. The van der Waals surface area contributed by atoms with E-state index >= 15 is 0 Å². The van der Waals surface area contributed by atoms with Crippen LogP contribution in [0.2, 0.25) is 0 Å². The highest BCUT2D eigenvalue weighted by atomic mass is 31.2. The first-order valence-corrected chi connectivity index (χ1v) is 38.5. The first-order chi connectivity index (χ1) is 40.0. The van der Waals surface area contributed by atoms with E-state index in [0.29, 0.717) is 23.9 Å². The predicted molar refractivity (Wildman–Crippen MR) is 358 cm³/mol. The lowest BCUT2D eigenvalue weighted by molar-refractivity contribution is -0.870. The van der Waals surface area contributed by atoms with Gasteiger partial charge in [-0.15, -0.1) is 0 Å². The summed E-state index contributed by atoms with van der Waals surface area (Å²) in [5.74, 6) is -0.154. The molecule has 490 valence electrons. The molecular weight excluding hydrogens is 1030 g/mol. The molecule has 0 aliphatic rings. The smallest absolute Gasteiger partial charge is 0.268 e. The minimum atomic E-state index is -4.58. The maximum absolute atomic E-state index is 13.1. The van der Waals surface area contributed by atoms with Crippen LogP contribution in [0.15, 0.2) is 12.2 Å². The number of unbranched alkanes of at least 4 members (excludes halogenated alkanes) is 55. The number of carbonyl (C=O) groups excluding carboxylic acids is 1. The molecule has 9 heteroatoms. The Morgan fingerprint density at radius 1 is 0.415 bits per heavy atom. The summed E-state index contributed by atoms with van der Waals surface area (Å²) < 4.78 is 23.6. The Balaban J connectivity index is 3.95. The number of amides is 1. The molecule has 0 saturated heterocycles. The molecular formula is C73H147N2O6P. The summed E-state index contributed by atoms with van der Waals surface area (Å²) >= 11 is 0. The molecule has 82 heavy (non-hydrogen) atoms. The normalized spacial score (nSPS) is 13.6. The van der Waals surface area contributed by atoms with Gasteiger partial charge in [-0.25, -0.2) is 0 Å². The number of phosphoric ester groups is 1. The molecule has 0 fully saturated rings. The third kappa shape index (κ3) is 66.8. The third-order valence-corrected chi connectivity index (χ3v) is 18.5. The highest BCUT2D eigenvalue weighted by Gasteiger charge is 2.24. The zero-order valence-electron chi connectivity index (χ0n) is 56.2. The van der Waals surface area contributed by atoms with E-state index in [2.05, 4.69) is 31.3 Å². The van der Waals surface area contributed by atoms with E-state index in [1.807, 2.05) is 21.1 Å². The summed E-state index contributed by atoms with van der Waals surface area (Å²) in [5.41, 5.74) is 0. The molecule has 0 heterocycles. The molecule has 8 nitrogen and oxygen atoms in total. The van der Waals surface area contributed by atoms with E-state index in [1.165, 1.54) is 334 Å². The molecule has 0 aliphatic carbocycles. The van der Waals surface area contributed by atoms with Gasteiger partial charge in [0.25, 0.3) is 7.82 Å². The van der Waals surface area contributed by atoms with Crippen LogP contribution in [0, 0.1) is 0 Å². The molecule has 0 radical (unpaired) electrons. The van der Waals surface area contributed by atoms with Crippen molar-refractivity contribution in [2.24, 2.45) is 0 Å². The van der Waals surface area contributed by atoms with Gasteiger partial charge in [0.1, 0.15) is 13.2 Å². The second-order valence-electron chi connectivity index (χ2n) is 27.0. The van der Waals surface area contributed by atoms with Gasteiger partial charge >= 0.3 is 0 Å². The van der Waals surface area contributed by atoms with Crippen LogP contribution < -0.4 is 10.2 Å². The first kappa shape index (κ1) is 81.2. The SMILES string of the molecule is CCCCCCCCCC/C=C\CCCCCCCCCCCCCCCCCCCCCCCC(=O)NC(COP(=O)([O-])OCC[N+](C)(C)C)C(O)CCCCCCCCCCCCCCCCCCCCCCCCCCCCC. The third-order valence-electron chi connectivity index (χ3n) is 17.5. The van der Waals surface area contributed by atoms with Crippen LogP contribution in [0.5, 0.6) is 0 Å². The number of allylic oxidation sites excluding steroid dienone is 2. The van der Waals surface area contributed by atoms with E-state index in [9.17, 15) is 19.4 Å². The number of hydrogen-bond acceptors (Lipinski definition) is 6. The molecule has 0 spiro atoms. The molecule has 0 aromatic heterocycles. The summed E-state index contributed by atoms with van der Waals surface area (Å²) in [7, 11) is 1.33. The fraction of sp³-hybridized carbons (Fsp3) is 0.959. The lowest BCUT2D eigenvalue weighted by Crippen LogP contribution is -2.46. The molecule has 0 bridgehead atoms. The van der Waals surface area contributed by atoms with E-state index < -0.39 is 20.0 Å². The van der Waals surface area contributed by atoms with Crippen LogP contribution in [0.4, 0.5) is 0 Å². The molecule has 1 amide bonds. The number of aliphatic hydroxyl groups is 1. The van der Waals surface area contributed by atoms with Gasteiger partial charge in [0.05, 0.1) is 39.9 Å². The van der Waals surface area contributed by atoms with Gasteiger partial charge in [0.15, 0.2) is 0 Å². The summed E-state index contributed by atoms with van der Waals surface area (Å²) in [4.78, 5) is 25.7.